The number of carbonyl (C=O) groups is 1. The Hall–Kier alpha value is -3.09. The van der Waals surface area contributed by atoms with Crippen LogP contribution in [0.5, 0.6) is 11.5 Å². The summed E-state index contributed by atoms with van der Waals surface area (Å²) in [5.74, 6) is 0.205. The van der Waals surface area contributed by atoms with Gasteiger partial charge >= 0.3 is 5.63 Å². The number of hydrogen-bond donors (Lipinski definition) is 2. The first-order chi connectivity index (χ1) is 10.9. The van der Waals surface area contributed by atoms with E-state index in [1.807, 2.05) is 0 Å². The topological polar surface area (TPSA) is 101 Å². The maximum Gasteiger partial charge on any atom is 0.348 e. The van der Waals surface area contributed by atoms with Crippen molar-refractivity contribution in [3.63, 3.8) is 0 Å². The van der Waals surface area contributed by atoms with Crippen LogP contribution in [-0.4, -0.2) is 23.8 Å². The molecule has 7 nitrogen and oxygen atoms in total. The smallest absolute Gasteiger partial charge is 0.348 e. The van der Waals surface area contributed by atoms with E-state index in [2.05, 4.69) is 10.5 Å². The second-order valence-electron chi connectivity index (χ2n) is 4.77. The van der Waals surface area contributed by atoms with Crippen LogP contribution >= 0.6 is 0 Å². The third-order valence-corrected chi connectivity index (χ3v) is 3.09. The summed E-state index contributed by atoms with van der Waals surface area (Å²) in [7, 11) is 1.53. The van der Waals surface area contributed by atoms with Crippen molar-refractivity contribution in [2.75, 3.05) is 7.11 Å². The fourth-order valence-corrected chi connectivity index (χ4v) is 1.93. The third kappa shape index (κ3) is 3.76. The first kappa shape index (κ1) is 16.3. The standard InChI is InChI=1S/C16H16N2O5/c1-9-8-13(19)14(16(21)23-9)10(2)17-18-15(20)11-4-6-12(22-3)7-5-11/h4-8,19H,1-3H3,(H,18,20)/b17-10-. The van der Waals surface area contributed by atoms with Crippen LogP contribution in [0.4, 0.5) is 0 Å². The summed E-state index contributed by atoms with van der Waals surface area (Å²) in [5.41, 5.74) is 2.02. The highest BCUT2D eigenvalue weighted by atomic mass is 16.5. The first-order valence-electron chi connectivity index (χ1n) is 6.75. The molecule has 23 heavy (non-hydrogen) atoms. The number of ether oxygens (including phenoxy) is 1. The molecular weight excluding hydrogens is 300 g/mol. The molecule has 2 rings (SSSR count). The van der Waals surface area contributed by atoms with Crippen molar-refractivity contribution in [1.29, 1.82) is 0 Å². The molecule has 0 radical (unpaired) electrons. The molecule has 120 valence electrons. The van der Waals surface area contributed by atoms with Gasteiger partial charge in [-0.2, -0.15) is 5.10 Å². The Labute approximate surface area is 132 Å². The lowest BCUT2D eigenvalue weighted by atomic mass is 10.2. The maximum atomic E-state index is 12.0. The van der Waals surface area contributed by atoms with Gasteiger partial charge in [-0.15, -0.1) is 0 Å². The number of aryl methyl sites for hydroxylation is 1. The molecule has 0 aliphatic heterocycles. The summed E-state index contributed by atoms with van der Waals surface area (Å²) in [6.07, 6.45) is 0. The number of benzene rings is 1. The number of amides is 1. The molecule has 2 aromatic rings. The molecule has 0 atom stereocenters. The second-order valence-corrected chi connectivity index (χ2v) is 4.77. The molecule has 0 saturated carbocycles. The van der Waals surface area contributed by atoms with Crippen LogP contribution in [0, 0.1) is 6.92 Å². The van der Waals surface area contributed by atoms with Gasteiger partial charge in [-0.05, 0) is 38.1 Å². The molecule has 2 N–H and O–H groups in total. The van der Waals surface area contributed by atoms with E-state index in [9.17, 15) is 14.7 Å². The Morgan fingerprint density at radius 1 is 1.30 bits per heavy atom. The summed E-state index contributed by atoms with van der Waals surface area (Å²) < 4.78 is 9.91. The minimum atomic E-state index is -0.720. The van der Waals surface area contributed by atoms with Crippen molar-refractivity contribution in [3.8, 4) is 11.5 Å². The molecular formula is C16H16N2O5. The fourth-order valence-electron chi connectivity index (χ4n) is 1.93. The Morgan fingerprint density at radius 3 is 2.52 bits per heavy atom. The van der Waals surface area contributed by atoms with E-state index in [0.717, 1.165) is 0 Å². The monoisotopic (exact) mass is 316 g/mol. The Kier molecular flexibility index (Phi) is 4.80. The minimum Gasteiger partial charge on any atom is -0.507 e. The first-order valence-corrected chi connectivity index (χ1v) is 6.75. The van der Waals surface area contributed by atoms with Crippen molar-refractivity contribution < 1.29 is 19.1 Å². The molecule has 0 spiro atoms. The fraction of sp³-hybridized carbons (Fsp3) is 0.188. The highest BCUT2D eigenvalue weighted by Gasteiger charge is 2.13. The van der Waals surface area contributed by atoms with Crippen LogP contribution in [0.2, 0.25) is 0 Å². The van der Waals surface area contributed by atoms with Gasteiger partial charge in [0.1, 0.15) is 22.8 Å². The zero-order chi connectivity index (χ0) is 17.0. The Balaban J connectivity index is 2.19. The molecule has 7 heteroatoms. The van der Waals surface area contributed by atoms with Crippen molar-refractivity contribution in [2.24, 2.45) is 5.10 Å². The molecule has 1 aromatic carbocycles. The third-order valence-electron chi connectivity index (χ3n) is 3.09. The van der Waals surface area contributed by atoms with Gasteiger partial charge in [-0.1, -0.05) is 0 Å². The van der Waals surface area contributed by atoms with Gasteiger partial charge in [0, 0.05) is 11.6 Å². The van der Waals surface area contributed by atoms with Crippen LogP contribution in [0.3, 0.4) is 0 Å². The molecule has 0 unspecified atom stereocenters. The minimum absolute atomic E-state index is 0.0920. The van der Waals surface area contributed by atoms with E-state index in [1.54, 1.807) is 31.2 Å². The predicted molar refractivity (Wildman–Crippen MR) is 84.1 cm³/mol. The average molecular weight is 316 g/mol. The lowest BCUT2D eigenvalue weighted by Gasteiger charge is -2.05. The van der Waals surface area contributed by atoms with Crippen molar-refractivity contribution in [1.82, 2.24) is 5.43 Å². The van der Waals surface area contributed by atoms with Gasteiger partial charge < -0.3 is 14.3 Å². The van der Waals surface area contributed by atoms with Gasteiger partial charge in [0.05, 0.1) is 12.8 Å². The van der Waals surface area contributed by atoms with Gasteiger partial charge in [0.2, 0.25) is 0 Å². The quantitative estimate of drug-likeness (QED) is 0.662. The molecule has 0 aliphatic carbocycles. The number of aromatic hydroxyl groups is 1. The summed E-state index contributed by atoms with van der Waals surface area (Å²) in [6, 6.07) is 7.76. The normalized spacial score (nSPS) is 11.2. The summed E-state index contributed by atoms with van der Waals surface area (Å²) >= 11 is 0. The Bertz CT molecular complexity index is 806. The van der Waals surface area contributed by atoms with E-state index in [0.29, 0.717) is 11.3 Å². The lowest BCUT2D eigenvalue weighted by Crippen LogP contribution is -2.21. The molecule has 0 aliphatic rings. The van der Waals surface area contributed by atoms with Crippen LogP contribution in [0.25, 0.3) is 0 Å². The number of rotatable bonds is 4. The Morgan fingerprint density at radius 2 is 1.96 bits per heavy atom. The van der Waals surface area contributed by atoms with Crippen molar-refractivity contribution >= 4 is 11.6 Å². The van der Waals surface area contributed by atoms with E-state index < -0.39 is 11.5 Å². The molecule has 0 saturated heterocycles. The molecule has 1 heterocycles. The van der Waals surface area contributed by atoms with E-state index in [-0.39, 0.29) is 22.8 Å². The number of nitrogens with one attached hydrogen (secondary N) is 1. The lowest BCUT2D eigenvalue weighted by molar-refractivity contribution is 0.0954. The zero-order valence-electron chi connectivity index (χ0n) is 12.9. The van der Waals surface area contributed by atoms with Gasteiger partial charge in [-0.25, -0.2) is 10.2 Å². The number of carbonyl (C=O) groups excluding carboxylic acids is 1. The van der Waals surface area contributed by atoms with Gasteiger partial charge in [0.25, 0.3) is 5.91 Å². The molecule has 0 bridgehead atoms. The van der Waals surface area contributed by atoms with Crippen LogP contribution < -0.4 is 15.8 Å². The van der Waals surface area contributed by atoms with Crippen molar-refractivity contribution in [2.45, 2.75) is 13.8 Å². The highest BCUT2D eigenvalue weighted by molar-refractivity contribution is 6.02. The molecule has 0 fully saturated rings. The second kappa shape index (κ2) is 6.78. The SMILES string of the molecule is COc1ccc(C(=O)N/N=C(/C)c2c(O)cc(C)oc2=O)cc1. The number of methoxy groups -OCH3 is 1. The van der Waals surface area contributed by atoms with Crippen LogP contribution in [0.1, 0.15) is 28.6 Å². The zero-order valence-corrected chi connectivity index (χ0v) is 12.9. The van der Waals surface area contributed by atoms with Gasteiger partial charge in [0.15, 0.2) is 0 Å². The van der Waals surface area contributed by atoms with Crippen LogP contribution in [-0.2, 0) is 0 Å². The predicted octanol–water partition coefficient (Wildman–Crippen LogP) is 1.82. The average Bonchev–Trinajstić information content (AvgIpc) is 2.51. The molecule has 1 aromatic heterocycles. The number of hydrogen-bond acceptors (Lipinski definition) is 6. The van der Waals surface area contributed by atoms with E-state index in [4.69, 9.17) is 9.15 Å². The number of nitrogens with zero attached hydrogens (tertiary/aromatic N) is 1. The van der Waals surface area contributed by atoms with E-state index in [1.165, 1.54) is 20.1 Å². The summed E-state index contributed by atoms with van der Waals surface area (Å²) in [5, 5.41) is 13.6. The summed E-state index contributed by atoms with van der Waals surface area (Å²) in [6.45, 7) is 3.03. The maximum absolute atomic E-state index is 12.0. The van der Waals surface area contributed by atoms with Crippen LogP contribution in [0.15, 0.2) is 44.6 Å². The highest BCUT2D eigenvalue weighted by Crippen LogP contribution is 2.15. The van der Waals surface area contributed by atoms with Gasteiger partial charge in [-0.3, -0.25) is 4.79 Å². The van der Waals surface area contributed by atoms with E-state index >= 15 is 0 Å². The number of hydrazone groups is 1. The molecule has 1 amide bonds. The summed E-state index contributed by atoms with van der Waals surface area (Å²) in [4.78, 5) is 23.7. The van der Waals surface area contributed by atoms with Crippen molar-refractivity contribution in [3.05, 3.63) is 57.6 Å². The largest absolute Gasteiger partial charge is 0.507 e.